The topological polar surface area (TPSA) is 55.2 Å². The first-order chi connectivity index (χ1) is 14.5. The number of para-hydroxylation sites is 2. The Balaban J connectivity index is 1.82. The Morgan fingerprint density at radius 2 is 1.67 bits per heavy atom. The van der Waals surface area contributed by atoms with Gasteiger partial charge in [-0.25, -0.2) is 4.98 Å². The highest BCUT2D eigenvalue weighted by Gasteiger charge is 2.26. The molecule has 1 saturated heterocycles. The lowest BCUT2D eigenvalue weighted by atomic mass is 10.1. The van der Waals surface area contributed by atoms with Crippen molar-refractivity contribution >= 4 is 28.6 Å². The summed E-state index contributed by atoms with van der Waals surface area (Å²) >= 11 is 1.37. The smallest absolute Gasteiger partial charge is 0.266 e. The second-order valence-corrected chi connectivity index (χ2v) is 9.25. The van der Waals surface area contributed by atoms with Crippen molar-refractivity contribution in [1.29, 1.82) is 0 Å². The van der Waals surface area contributed by atoms with Gasteiger partial charge in [0, 0.05) is 13.1 Å². The van der Waals surface area contributed by atoms with Crippen LogP contribution in [0.2, 0.25) is 0 Å². The summed E-state index contributed by atoms with van der Waals surface area (Å²) in [6.45, 7) is 7.55. The van der Waals surface area contributed by atoms with Gasteiger partial charge in [-0.1, -0.05) is 42.1 Å². The Morgan fingerprint density at radius 3 is 2.37 bits per heavy atom. The van der Waals surface area contributed by atoms with Crippen molar-refractivity contribution in [3.05, 3.63) is 63.9 Å². The molecule has 1 atom stereocenters. The quantitative estimate of drug-likeness (QED) is 0.460. The highest BCUT2D eigenvalue weighted by Crippen LogP contribution is 2.29. The number of carbonyl (C=O) groups excluding carboxylic acids is 1. The molecule has 0 unspecified atom stereocenters. The fraction of sp³-hybridized carbons (Fsp3) is 0.375. The maximum atomic E-state index is 13.5. The molecule has 0 saturated carbocycles. The van der Waals surface area contributed by atoms with Gasteiger partial charge in [-0.3, -0.25) is 14.2 Å². The fourth-order valence-corrected chi connectivity index (χ4v) is 5.12. The van der Waals surface area contributed by atoms with Gasteiger partial charge in [-0.2, -0.15) is 0 Å². The predicted molar refractivity (Wildman–Crippen MR) is 123 cm³/mol. The van der Waals surface area contributed by atoms with Crippen LogP contribution in [0.4, 0.5) is 0 Å². The van der Waals surface area contributed by atoms with E-state index in [0.717, 1.165) is 42.7 Å². The van der Waals surface area contributed by atoms with Crippen LogP contribution in [0.1, 0.15) is 37.3 Å². The number of nitrogens with zero attached hydrogens (tertiary/aromatic N) is 3. The van der Waals surface area contributed by atoms with Gasteiger partial charge < -0.3 is 4.90 Å². The summed E-state index contributed by atoms with van der Waals surface area (Å²) < 4.78 is 1.69. The van der Waals surface area contributed by atoms with Gasteiger partial charge in [0.15, 0.2) is 5.16 Å². The first-order valence-corrected chi connectivity index (χ1v) is 11.4. The molecule has 4 rings (SSSR count). The van der Waals surface area contributed by atoms with Crippen molar-refractivity contribution in [2.75, 3.05) is 13.1 Å². The van der Waals surface area contributed by atoms with Crippen LogP contribution < -0.4 is 5.56 Å². The summed E-state index contributed by atoms with van der Waals surface area (Å²) in [5.74, 6) is 0.121. The van der Waals surface area contributed by atoms with E-state index in [1.54, 1.807) is 4.57 Å². The molecule has 0 N–H and O–H groups in total. The van der Waals surface area contributed by atoms with Crippen LogP contribution >= 0.6 is 11.8 Å². The number of hydrogen-bond donors (Lipinski definition) is 0. The number of carbonyl (C=O) groups is 1. The summed E-state index contributed by atoms with van der Waals surface area (Å²) in [4.78, 5) is 33.3. The van der Waals surface area contributed by atoms with E-state index in [2.05, 4.69) is 0 Å². The molecule has 6 heteroatoms. The minimum Gasteiger partial charge on any atom is -0.342 e. The highest BCUT2D eigenvalue weighted by atomic mass is 32.2. The van der Waals surface area contributed by atoms with Crippen molar-refractivity contribution < 1.29 is 4.79 Å². The van der Waals surface area contributed by atoms with Crippen LogP contribution in [0.25, 0.3) is 16.6 Å². The van der Waals surface area contributed by atoms with E-state index in [-0.39, 0.29) is 16.7 Å². The highest BCUT2D eigenvalue weighted by molar-refractivity contribution is 8.00. The molecule has 3 aromatic rings. The molecule has 1 amide bonds. The zero-order valence-electron chi connectivity index (χ0n) is 17.7. The fourth-order valence-electron chi connectivity index (χ4n) is 4.13. The summed E-state index contributed by atoms with van der Waals surface area (Å²) in [6.07, 6.45) is 3.30. The summed E-state index contributed by atoms with van der Waals surface area (Å²) in [5.41, 5.74) is 3.42. The first kappa shape index (κ1) is 20.7. The van der Waals surface area contributed by atoms with E-state index in [1.165, 1.54) is 18.2 Å². The van der Waals surface area contributed by atoms with Gasteiger partial charge in [0.25, 0.3) is 5.56 Å². The number of amides is 1. The second kappa shape index (κ2) is 8.64. The van der Waals surface area contributed by atoms with Crippen LogP contribution in [0.3, 0.4) is 0 Å². The van der Waals surface area contributed by atoms with Gasteiger partial charge in [-0.15, -0.1) is 0 Å². The van der Waals surface area contributed by atoms with Gasteiger partial charge in [0.2, 0.25) is 5.91 Å². The molecule has 1 aliphatic rings. The Bertz CT molecular complexity index is 1130. The number of piperidine rings is 1. The van der Waals surface area contributed by atoms with Gasteiger partial charge in [0.1, 0.15) is 0 Å². The van der Waals surface area contributed by atoms with Gasteiger partial charge >= 0.3 is 0 Å². The molecule has 0 aliphatic carbocycles. The minimum atomic E-state index is -0.313. The molecule has 2 heterocycles. The molecule has 0 bridgehead atoms. The third-order valence-corrected chi connectivity index (χ3v) is 6.75. The monoisotopic (exact) mass is 421 g/mol. The normalized spacial score (nSPS) is 15.4. The molecular formula is C24H27N3O2S. The lowest BCUT2D eigenvalue weighted by Gasteiger charge is -2.29. The second-order valence-electron chi connectivity index (χ2n) is 7.94. The Kier molecular flexibility index (Phi) is 5.95. The van der Waals surface area contributed by atoms with Crippen molar-refractivity contribution in [3.8, 4) is 5.69 Å². The average Bonchev–Trinajstić information content (AvgIpc) is 2.75. The third kappa shape index (κ3) is 3.88. The number of benzene rings is 2. The predicted octanol–water partition coefficient (Wildman–Crippen LogP) is 4.50. The van der Waals surface area contributed by atoms with Crippen LogP contribution in [0, 0.1) is 13.8 Å². The number of thioether (sulfide) groups is 1. The summed E-state index contributed by atoms with van der Waals surface area (Å²) in [5, 5.41) is 0.834. The van der Waals surface area contributed by atoms with Crippen LogP contribution in [0.5, 0.6) is 0 Å². The van der Waals surface area contributed by atoms with Crippen molar-refractivity contribution in [3.63, 3.8) is 0 Å². The molecule has 0 radical (unpaired) electrons. The molecule has 1 aliphatic heterocycles. The van der Waals surface area contributed by atoms with E-state index >= 15 is 0 Å². The minimum absolute atomic E-state index is 0.0990. The number of fused-ring (bicyclic) bond motifs is 1. The van der Waals surface area contributed by atoms with Crippen molar-refractivity contribution in [2.45, 2.75) is 50.4 Å². The van der Waals surface area contributed by atoms with E-state index in [1.807, 2.05) is 68.1 Å². The number of hydrogen-bond acceptors (Lipinski definition) is 4. The Labute approximate surface area is 181 Å². The number of rotatable bonds is 4. The average molecular weight is 422 g/mol. The Morgan fingerprint density at radius 1 is 1.00 bits per heavy atom. The summed E-state index contributed by atoms with van der Waals surface area (Å²) in [6, 6.07) is 13.4. The number of aromatic nitrogens is 2. The van der Waals surface area contributed by atoms with Crippen molar-refractivity contribution in [1.82, 2.24) is 14.5 Å². The standard InChI is InChI=1S/C24H27N3O2S/c1-16-10-9-11-17(2)21(16)27-23(29)19-12-5-6-13-20(19)25-24(27)30-18(3)22(28)26-14-7-4-8-15-26/h5-6,9-13,18H,4,7-8,14-15H2,1-3H3/t18-/m1/s1. The molecule has 1 fully saturated rings. The molecule has 5 nitrogen and oxygen atoms in total. The SMILES string of the molecule is Cc1cccc(C)c1-n1c(S[C@H](C)C(=O)N2CCCCC2)nc2ccccc2c1=O. The Hall–Kier alpha value is -2.60. The van der Waals surface area contributed by atoms with E-state index in [0.29, 0.717) is 16.1 Å². The maximum absolute atomic E-state index is 13.5. The number of aryl methyl sites for hydroxylation is 2. The van der Waals surface area contributed by atoms with Crippen molar-refractivity contribution in [2.24, 2.45) is 0 Å². The van der Waals surface area contributed by atoms with Gasteiger partial charge in [-0.05, 0) is 63.3 Å². The zero-order valence-corrected chi connectivity index (χ0v) is 18.5. The van der Waals surface area contributed by atoms with Crippen LogP contribution in [-0.2, 0) is 4.79 Å². The summed E-state index contributed by atoms with van der Waals surface area (Å²) in [7, 11) is 0. The van der Waals surface area contributed by atoms with Crippen LogP contribution in [0.15, 0.2) is 52.4 Å². The molecule has 1 aromatic heterocycles. The first-order valence-electron chi connectivity index (χ1n) is 10.5. The molecule has 2 aromatic carbocycles. The van der Waals surface area contributed by atoms with Gasteiger partial charge in [0.05, 0.1) is 21.8 Å². The molecule has 156 valence electrons. The molecule has 0 spiro atoms. The number of likely N-dealkylation sites (tertiary alicyclic amines) is 1. The molecular weight excluding hydrogens is 394 g/mol. The van der Waals surface area contributed by atoms with E-state index in [9.17, 15) is 9.59 Å². The van der Waals surface area contributed by atoms with Crippen LogP contribution in [-0.4, -0.2) is 38.7 Å². The third-order valence-electron chi connectivity index (χ3n) is 5.71. The maximum Gasteiger partial charge on any atom is 0.266 e. The lowest BCUT2D eigenvalue weighted by molar-refractivity contribution is -0.131. The largest absolute Gasteiger partial charge is 0.342 e. The van der Waals surface area contributed by atoms with E-state index in [4.69, 9.17) is 4.98 Å². The molecule has 30 heavy (non-hydrogen) atoms. The zero-order chi connectivity index (χ0) is 21.3. The van der Waals surface area contributed by atoms with E-state index < -0.39 is 0 Å². The lowest BCUT2D eigenvalue weighted by Crippen LogP contribution is -2.40.